The number of hydrogen-bond acceptors (Lipinski definition) is 6. The topological polar surface area (TPSA) is 92.9 Å². The number of aromatic nitrogens is 1. The van der Waals surface area contributed by atoms with Gasteiger partial charge in [-0.15, -0.1) is 0 Å². The molecule has 3 aromatic rings. The molecule has 2 aliphatic rings. The lowest BCUT2D eigenvalue weighted by atomic mass is 9.79. The van der Waals surface area contributed by atoms with Crippen LogP contribution in [0, 0.1) is 5.92 Å². The summed E-state index contributed by atoms with van der Waals surface area (Å²) in [7, 11) is 1.50. The van der Waals surface area contributed by atoms with Gasteiger partial charge in [-0.25, -0.2) is 0 Å². The van der Waals surface area contributed by atoms with Crippen molar-refractivity contribution in [3.05, 3.63) is 77.8 Å². The molecule has 0 saturated heterocycles. The molecule has 7 heteroatoms. The second-order valence-electron chi connectivity index (χ2n) is 8.74. The molecule has 2 aromatic carbocycles. The summed E-state index contributed by atoms with van der Waals surface area (Å²) in [4.78, 5) is 28.7. The van der Waals surface area contributed by atoms with E-state index in [1.807, 2.05) is 24.3 Å². The fourth-order valence-corrected chi connectivity index (χ4v) is 5.17. The van der Waals surface area contributed by atoms with Gasteiger partial charge in [0.25, 0.3) is 5.91 Å². The third kappa shape index (κ3) is 3.77. The standard InChI is InChI=1S/C27H26N2O5/c1-33-22-10-6-5-9-20(22)25(30)23-24(18-7-3-2-4-8-18)29(27(32)26(23)31)19-13-11-17(12-14-19)21-15-16-34-28-21/h5-6,9-16,18,24,31H,2-4,7-8H2,1H3. The number of para-hydroxylation sites is 1. The number of carbonyl (C=O) groups is 2. The highest BCUT2D eigenvalue weighted by molar-refractivity contribution is 6.21. The molecule has 1 saturated carbocycles. The van der Waals surface area contributed by atoms with Crippen LogP contribution < -0.4 is 9.64 Å². The fourth-order valence-electron chi connectivity index (χ4n) is 5.17. The summed E-state index contributed by atoms with van der Waals surface area (Å²) in [5, 5.41) is 14.9. The van der Waals surface area contributed by atoms with Crippen molar-refractivity contribution in [3.8, 4) is 17.0 Å². The van der Waals surface area contributed by atoms with Gasteiger partial charge >= 0.3 is 0 Å². The quantitative estimate of drug-likeness (QED) is 0.501. The monoisotopic (exact) mass is 458 g/mol. The van der Waals surface area contributed by atoms with Crippen molar-refractivity contribution >= 4 is 17.4 Å². The van der Waals surface area contributed by atoms with Crippen LogP contribution >= 0.6 is 0 Å². The summed E-state index contributed by atoms with van der Waals surface area (Å²) in [6.07, 6.45) is 6.48. The van der Waals surface area contributed by atoms with Crippen LogP contribution in [0.25, 0.3) is 11.3 Å². The van der Waals surface area contributed by atoms with Crippen molar-refractivity contribution in [2.45, 2.75) is 38.1 Å². The molecule has 1 aromatic heterocycles. The van der Waals surface area contributed by atoms with Gasteiger partial charge in [0.05, 0.1) is 24.3 Å². The average molecular weight is 459 g/mol. The van der Waals surface area contributed by atoms with Gasteiger partial charge in [-0.1, -0.05) is 48.7 Å². The van der Waals surface area contributed by atoms with Crippen LogP contribution in [0.4, 0.5) is 5.69 Å². The van der Waals surface area contributed by atoms with Gasteiger partial charge in [-0.05, 0) is 43.0 Å². The largest absolute Gasteiger partial charge is 0.503 e. The van der Waals surface area contributed by atoms with Crippen molar-refractivity contribution < 1.29 is 24.0 Å². The van der Waals surface area contributed by atoms with Gasteiger partial charge in [-0.3, -0.25) is 14.5 Å². The van der Waals surface area contributed by atoms with E-state index < -0.39 is 17.7 Å². The van der Waals surface area contributed by atoms with Crippen molar-refractivity contribution in [3.63, 3.8) is 0 Å². The third-order valence-corrected chi connectivity index (χ3v) is 6.82. The fraction of sp³-hybridized carbons (Fsp3) is 0.296. The molecule has 1 aliphatic heterocycles. The molecule has 2 heterocycles. The van der Waals surface area contributed by atoms with Crippen LogP contribution in [0.1, 0.15) is 42.5 Å². The predicted octanol–water partition coefficient (Wildman–Crippen LogP) is 5.34. The minimum Gasteiger partial charge on any atom is -0.503 e. The number of methoxy groups -OCH3 is 1. The Kier molecular flexibility index (Phi) is 5.92. The van der Waals surface area contributed by atoms with Crippen LogP contribution in [0.5, 0.6) is 5.75 Å². The van der Waals surface area contributed by atoms with E-state index >= 15 is 0 Å². The van der Waals surface area contributed by atoms with E-state index in [4.69, 9.17) is 9.26 Å². The maximum Gasteiger partial charge on any atom is 0.294 e. The molecule has 1 unspecified atom stereocenters. The first-order chi connectivity index (χ1) is 16.6. The minimum absolute atomic E-state index is 0.0752. The normalized spacial score (nSPS) is 19.0. The van der Waals surface area contributed by atoms with E-state index in [1.165, 1.54) is 13.4 Å². The zero-order chi connectivity index (χ0) is 23.7. The first kappa shape index (κ1) is 21.9. The van der Waals surface area contributed by atoms with E-state index in [0.717, 1.165) is 37.7 Å². The Balaban J connectivity index is 1.56. The van der Waals surface area contributed by atoms with Gasteiger partial charge in [0.15, 0.2) is 11.5 Å². The number of nitrogens with zero attached hydrogens (tertiary/aromatic N) is 2. The molecule has 174 valence electrons. The molecule has 1 atom stereocenters. The maximum atomic E-state index is 13.7. The number of Topliss-reactive ketones (excluding diaryl/α,β-unsaturated/α-hetero) is 1. The molecule has 1 aliphatic carbocycles. The van der Waals surface area contributed by atoms with Crippen LogP contribution in [0.15, 0.2) is 76.7 Å². The molecular weight excluding hydrogens is 432 g/mol. The minimum atomic E-state index is -0.553. The average Bonchev–Trinajstić information content (AvgIpc) is 3.51. The summed E-state index contributed by atoms with van der Waals surface area (Å²) in [6, 6.07) is 15.5. The second kappa shape index (κ2) is 9.17. The lowest BCUT2D eigenvalue weighted by Crippen LogP contribution is -2.42. The second-order valence-corrected chi connectivity index (χ2v) is 8.74. The number of amides is 1. The van der Waals surface area contributed by atoms with Crippen molar-refractivity contribution in [1.82, 2.24) is 5.16 Å². The van der Waals surface area contributed by atoms with Crippen LogP contribution in [-0.4, -0.2) is 35.1 Å². The first-order valence-electron chi connectivity index (χ1n) is 11.6. The summed E-state index contributed by atoms with van der Waals surface area (Å²) >= 11 is 0. The van der Waals surface area contributed by atoms with Gasteiger partial charge < -0.3 is 14.4 Å². The van der Waals surface area contributed by atoms with Gasteiger partial charge in [0.1, 0.15) is 17.7 Å². The summed E-state index contributed by atoms with van der Waals surface area (Å²) in [6.45, 7) is 0. The highest BCUT2D eigenvalue weighted by atomic mass is 16.5. The van der Waals surface area contributed by atoms with E-state index in [9.17, 15) is 14.7 Å². The summed E-state index contributed by atoms with van der Waals surface area (Å²) < 4.78 is 10.3. The maximum absolute atomic E-state index is 13.7. The SMILES string of the molecule is COc1ccccc1C(=O)C1=C(O)C(=O)N(c2ccc(-c3ccon3)cc2)C1C1CCCCC1. The number of hydrogen-bond donors (Lipinski definition) is 1. The summed E-state index contributed by atoms with van der Waals surface area (Å²) in [5.74, 6) is -0.917. The smallest absolute Gasteiger partial charge is 0.294 e. The van der Waals surface area contributed by atoms with Crippen LogP contribution in [-0.2, 0) is 4.79 Å². The van der Waals surface area contributed by atoms with Gasteiger partial charge in [0.2, 0.25) is 0 Å². The number of carbonyl (C=O) groups excluding carboxylic acids is 2. The van der Waals surface area contributed by atoms with E-state index in [0.29, 0.717) is 22.7 Å². The predicted molar refractivity (Wildman–Crippen MR) is 127 cm³/mol. The number of ether oxygens (including phenoxy) is 1. The number of anilines is 1. The molecule has 5 rings (SSSR count). The van der Waals surface area contributed by atoms with E-state index in [1.54, 1.807) is 35.2 Å². The van der Waals surface area contributed by atoms with Crippen molar-refractivity contribution in [1.29, 1.82) is 0 Å². The molecule has 1 amide bonds. The number of benzene rings is 2. The Morgan fingerprint density at radius 1 is 1.06 bits per heavy atom. The molecular formula is C27H26N2O5. The number of aliphatic hydroxyl groups is 1. The van der Waals surface area contributed by atoms with Gasteiger partial charge in [0, 0.05) is 17.3 Å². The molecule has 1 N–H and O–H groups in total. The van der Waals surface area contributed by atoms with Crippen LogP contribution in [0.3, 0.4) is 0 Å². The Morgan fingerprint density at radius 3 is 2.47 bits per heavy atom. The summed E-state index contributed by atoms with van der Waals surface area (Å²) in [5.41, 5.74) is 2.66. The van der Waals surface area contributed by atoms with Crippen molar-refractivity contribution in [2.24, 2.45) is 5.92 Å². The number of ketones is 1. The first-order valence-corrected chi connectivity index (χ1v) is 11.6. The molecule has 0 radical (unpaired) electrons. The molecule has 0 bridgehead atoms. The van der Waals surface area contributed by atoms with Crippen molar-refractivity contribution in [2.75, 3.05) is 12.0 Å². The number of aliphatic hydroxyl groups excluding tert-OH is 1. The molecule has 7 nitrogen and oxygen atoms in total. The van der Waals surface area contributed by atoms with E-state index in [2.05, 4.69) is 5.16 Å². The lowest BCUT2D eigenvalue weighted by molar-refractivity contribution is -0.117. The molecule has 0 spiro atoms. The van der Waals surface area contributed by atoms with E-state index in [-0.39, 0.29) is 17.3 Å². The Hall–Kier alpha value is -3.87. The zero-order valence-corrected chi connectivity index (χ0v) is 18.9. The molecule has 1 fully saturated rings. The Labute approximate surface area is 197 Å². The number of rotatable bonds is 6. The third-order valence-electron chi connectivity index (χ3n) is 6.82. The zero-order valence-electron chi connectivity index (χ0n) is 18.9. The van der Waals surface area contributed by atoms with Gasteiger partial charge in [-0.2, -0.15) is 0 Å². The highest BCUT2D eigenvalue weighted by Crippen LogP contribution is 2.42. The Morgan fingerprint density at radius 2 is 1.79 bits per heavy atom. The lowest BCUT2D eigenvalue weighted by Gasteiger charge is -2.35. The Bertz CT molecular complexity index is 1220. The molecule has 34 heavy (non-hydrogen) atoms. The highest BCUT2D eigenvalue weighted by Gasteiger charge is 2.47. The van der Waals surface area contributed by atoms with Crippen LogP contribution in [0.2, 0.25) is 0 Å².